The van der Waals surface area contributed by atoms with Crippen LogP contribution >= 0.6 is 0 Å². The SMILES string of the molecule is COC(=O)NS(=O)(=O)c1ccccc1C(F)(F)F. The summed E-state index contributed by atoms with van der Waals surface area (Å²) in [7, 11) is -3.74. The lowest BCUT2D eigenvalue weighted by Gasteiger charge is -2.12. The van der Waals surface area contributed by atoms with Crippen LogP contribution in [0.25, 0.3) is 0 Å². The molecule has 0 heterocycles. The molecule has 0 saturated heterocycles. The molecule has 9 heteroatoms. The summed E-state index contributed by atoms with van der Waals surface area (Å²) >= 11 is 0. The molecule has 100 valence electrons. The van der Waals surface area contributed by atoms with Gasteiger partial charge in [-0.1, -0.05) is 12.1 Å². The van der Waals surface area contributed by atoms with Crippen LogP contribution in [0.1, 0.15) is 5.56 Å². The van der Waals surface area contributed by atoms with E-state index in [9.17, 15) is 26.4 Å². The highest BCUT2D eigenvalue weighted by atomic mass is 32.2. The van der Waals surface area contributed by atoms with Crippen molar-refractivity contribution in [2.24, 2.45) is 0 Å². The number of carbonyl (C=O) groups excluding carboxylic acids is 1. The van der Waals surface area contributed by atoms with Gasteiger partial charge in [-0.05, 0) is 12.1 Å². The van der Waals surface area contributed by atoms with Crippen molar-refractivity contribution in [1.82, 2.24) is 4.72 Å². The highest BCUT2D eigenvalue weighted by molar-refractivity contribution is 7.90. The van der Waals surface area contributed by atoms with Gasteiger partial charge in [-0.2, -0.15) is 13.2 Å². The lowest BCUT2D eigenvalue weighted by molar-refractivity contribution is -0.139. The van der Waals surface area contributed by atoms with Crippen LogP contribution in [0.4, 0.5) is 18.0 Å². The Labute approximate surface area is 101 Å². The van der Waals surface area contributed by atoms with Crippen molar-refractivity contribution in [2.45, 2.75) is 11.1 Å². The van der Waals surface area contributed by atoms with E-state index in [4.69, 9.17) is 0 Å². The Hall–Kier alpha value is -1.77. The summed E-state index contributed by atoms with van der Waals surface area (Å²) < 4.78 is 66.3. The van der Waals surface area contributed by atoms with E-state index in [1.165, 1.54) is 4.72 Å². The van der Waals surface area contributed by atoms with Gasteiger partial charge in [0.1, 0.15) is 0 Å². The van der Waals surface area contributed by atoms with Crippen LogP contribution in [0.5, 0.6) is 0 Å². The molecule has 0 saturated carbocycles. The van der Waals surface area contributed by atoms with Crippen LogP contribution in [0, 0.1) is 0 Å². The van der Waals surface area contributed by atoms with Crippen molar-refractivity contribution in [2.75, 3.05) is 7.11 Å². The highest BCUT2D eigenvalue weighted by Gasteiger charge is 2.37. The molecule has 0 aliphatic carbocycles. The summed E-state index contributed by atoms with van der Waals surface area (Å²) in [5.41, 5.74) is -1.36. The minimum Gasteiger partial charge on any atom is -0.452 e. The number of hydrogen-bond donors (Lipinski definition) is 1. The summed E-state index contributed by atoms with van der Waals surface area (Å²) in [5, 5.41) is 0. The van der Waals surface area contributed by atoms with Gasteiger partial charge in [0, 0.05) is 0 Å². The molecule has 0 bridgehead atoms. The number of hydrogen-bond acceptors (Lipinski definition) is 4. The van der Waals surface area contributed by atoms with E-state index >= 15 is 0 Å². The molecule has 0 atom stereocenters. The fourth-order valence-electron chi connectivity index (χ4n) is 1.14. The average Bonchev–Trinajstić information content (AvgIpc) is 2.27. The van der Waals surface area contributed by atoms with Gasteiger partial charge in [0.25, 0.3) is 10.0 Å². The van der Waals surface area contributed by atoms with Gasteiger partial charge in [0.05, 0.1) is 17.6 Å². The zero-order valence-electron chi connectivity index (χ0n) is 8.98. The lowest BCUT2D eigenvalue weighted by atomic mass is 10.2. The third kappa shape index (κ3) is 3.13. The number of alkyl halides is 3. The van der Waals surface area contributed by atoms with Crippen molar-refractivity contribution in [3.8, 4) is 0 Å². The van der Waals surface area contributed by atoms with E-state index in [1.807, 2.05) is 0 Å². The maximum absolute atomic E-state index is 12.6. The zero-order valence-corrected chi connectivity index (χ0v) is 9.80. The number of methoxy groups -OCH3 is 1. The molecule has 0 radical (unpaired) electrons. The molecule has 1 N–H and O–H groups in total. The van der Waals surface area contributed by atoms with Gasteiger partial charge in [-0.25, -0.2) is 17.9 Å². The summed E-state index contributed by atoms with van der Waals surface area (Å²) in [4.78, 5) is 9.73. The second kappa shape index (κ2) is 4.84. The van der Waals surface area contributed by atoms with Gasteiger partial charge in [0.15, 0.2) is 0 Å². The van der Waals surface area contributed by atoms with E-state index < -0.39 is 32.8 Å². The predicted octanol–water partition coefficient (Wildman–Crippen LogP) is 1.75. The topological polar surface area (TPSA) is 72.5 Å². The van der Waals surface area contributed by atoms with E-state index in [0.717, 1.165) is 25.3 Å². The smallest absolute Gasteiger partial charge is 0.420 e. The lowest BCUT2D eigenvalue weighted by Crippen LogP contribution is -2.31. The molecule has 1 aromatic carbocycles. The summed E-state index contributed by atoms with van der Waals surface area (Å²) in [6.07, 6.45) is -6.21. The molecule has 0 aromatic heterocycles. The number of benzene rings is 1. The molecule has 0 fully saturated rings. The minimum absolute atomic E-state index is 0.603. The van der Waals surface area contributed by atoms with E-state index in [-0.39, 0.29) is 0 Å². The van der Waals surface area contributed by atoms with Crippen molar-refractivity contribution in [3.63, 3.8) is 0 Å². The van der Waals surface area contributed by atoms with Crippen LogP contribution in [0.3, 0.4) is 0 Å². The quantitative estimate of drug-likeness (QED) is 0.897. The van der Waals surface area contributed by atoms with Gasteiger partial charge < -0.3 is 4.74 Å². The molecule has 1 rings (SSSR count). The first kappa shape index (κ1) is 14.3. The molecule has 0 spiro atoms. The Morgan fingerprint density at radius 2 is 1.83 bits per heavy atom. The zero-order chi connectivity index (χ0) is 14.0. The second-order valence-corrected chi connectivity index (χ2v) is 4.74. The summed E-state index contributed by atoms with van der Waals surface area (Å²) in [6, 6.07) is 3.50. The van der Waals surface area contributed by atoms with Crippen LogP contribution in [-0.4, -0.2) is 21.6 Å². The maximum atomic E-state index is 12.6. The fourth-order valence-corrected chi connectivity index (χ4v) is 2.29. The molecule has 5 nitrogen and oxygen atoms in total. The Bertz CT molecular complexity index is 553. The van der Waals surface area contributed by atoms with Crippen molar-refractivity contribution in [1.29, 1.82) is 0 Å². The number of amides is 1. The second-order valence-electron chi connectivity index (χ2n) is 3.09. The Morgan fingerprint density at radius 3 is 2.33 bits per heavy atom. The van der Waals surface area contributed by atoms with Crippen LogP contribution < -0.4 is 4.72 Å². The number of carbonyl (C=O) groups is 1. The Balaban J connectivity index is 3.30. The first-order chi connectivity index (χ1) is 8.18. The number of rotatable bonds is 2. The predicted molar refractivity (Wildman–Crippen MR) is 54.2 cm³/mol. The van der Waals surface area contributed by atoms with Gasteiger partial charge >= 0.3 is 12.3 Å². The standard InChI is InChI=1S/C9H8F3NO4S/c1-17-8(14)13-18(15,16)7-5-3-2-4-6(7)9(10,11)12/h2-5H,1H3,(H,13,14). The number of ether oxygens (including phenoxy) is 1. The van der Waals surface area contributed by atoms with E-state index in [1.54, 1.807) is 0 Å². The first-order valence-corrected chi connectivity index (χ1v) is 5.94. The fraction of sp³-hybridized carbons (Fsp3) is 0.222. The average molecular weight is 283 g/mol. The normalized spacial score (nSPS) is 12.0. The first-order valence-electron chi connectivity index (χ1n) is 4.45. The van der Waals surface area contributed by atoms with Gasteiger partial charge in [-0.3, -0.25) is 0 Å². The molecular formula is C9H8F3NO4S. The molecular weight excluding hydrogens is 275 g/mol. The van der Waals surface area contributed by atoms with Crippen LogP contribution in [0.2, 0.25) is 0 Å². The van der Waals surface area contributed by atoms with E-state index in [0.29, 0.717) is 6.07 Å². The highest BCUT2D eigenvalue weighted by Crippen LogP contribution is 2.33. The van der Waals surface area contributed by atoms with Crippen molar-refractivity contribution >= 4 is 16.1 Å². The molecule has 1 amide bonds. The third-order valence-electron chi connectivity index (χ3n) is 1.89. The van der Waals surface area contributed by atoms with Gasteiger partial charge in [0.2, 0.25) is 0 Å². The molecule has 1 aromatic rings. The van der Waals surface area contributed by atoms with Crippen LogP contribution in [0.15, 0.2) is 29.2 Å². The van der Waals surface area contributed by atoms with Crippen molar-refractivity contribution < 1.29 is 31.1 Å². The Kier molecular flexibility index (Phi) is 3.85. The van der Waals surface area contributed by atoms with E-state index in [2.05, 4.69) is 4.74 Å². The third-order valence-corrected chi connectivity index (χ3v) is 3.26. The molecule has 0 aliphatic rings. The maximum Gasteiger partial charge on any atom is 0.420 e. The van der Waals surface area contributed by atoms with Crippen molar-refractivity contribution in [3.05, 3.63) is 29.8 Å². The number of sulfonamides is 1. The van der Waals surface area contributed by atoms with Crippen LogP contribution in [-0.2, 0) is 20.9 Å². The Morgan fingerprint density at radius 1 is 1.28 bits per heavy atom. The monoisotopic (exact) mass is 283 g/mol. The number of nitrogens with one attached hydrogen (secondary N) is 1. The summed E-state index contributed by atoms with van der Waals surface area (Å²) in [6.45, 7) is 0. The summed E-state index contributed by atoms with van der Waals surface area (Å²) in [5.74, 6) is 0. The molecule has 0 unspecified atom stereocenters. The molecule has 18 heavy (non-hydrogen) atoms. The number of halogens is 3. The largest absolute Gasteiger partial charge is 0.452 e. The minimum atomic E-state index is -4.85. The molecule has 0 aliphatic heterocycles. The van der Waals surface area contributed by atoms with Gasteiger partial charge in [-0.15, -0.1) is 0 Å².